The first-order valence-electron chi connectivity index (χ1n) is 6.57. The van der Waals surface area contributed by atoms with Gasteiger partial charge in [-0.2, -0.15) is 5.10 Å². The van der Waals surface area contributed by atoms with Gasteiger partial charge in [0.15, 0.2) is 0 Å². The number of aromatic nitrogens is 2. The molecular formula is C13H21N3O2. The second-order valence-corrected chi connectivity index (χ2v) is 5.00. The van der Waals surface area contributed by atoms with Crippen molar-refractivity contribution in [2.75, 3.05) is 6.54 Å². The van der Waals surface area contributed by atoms with E-state index in [0.717, 1.165) is 37.9 Å². The maximum absolute atomic E-state index is 11.4. The minimum atomic E-state index is -0.703. The molecule has 1 saturated heterocycles. The molecule has 100 valence electrons. The van der Waals surface area contributed by atoms with Crippen LogP contribution in [0.1, 0.15) is 44.3 Å². The van der Waals surface area contributed by atoms with Crippen molar-refractivity contribution in [1.29, 1.82) is 0 Å². The number of carboxylic acid groups (broad SMARTS) is 1. The highest BCUT2D eigenvalue weighted by atomic mass is 16.4. The number of hydrogen-bond acceptors (Lipinski definition) is 3. The van der Waals surface area contributed by atoms with Crippen LogP contribution < -0.4 is 0 Å². The molecule has 1 fully saturated rings. The molecule has 18 heavy (non-hydrogen) atoms. The maximum Gasteiger partial charge on any atom is 0.320 e. The first-order valence-corrected chi connectivity index (χ1v) is 6.57. The average molecular weight is 251 g/mol. The summed E-state index contributed by atoms with van der Waals surface area (Å²) in [5.41, 5.74) is 1.07. The summed E-state index contributed by atoms with van der Waals surface area (Å²) in [4.78, 5) is 13.5. The fourth-order valence-corrected chi connectivity index (χ4v) is 2.82. The molecule has 0 saturated carbocycles. The van der Waals surface area contributed by atoms with Gasteiger partial charge in [0, 0.05) is 19.3 Å². The van der Waals surface area contributed by atoms with Gasteiger partial charge in [0.25, 0.3) is 0 Å². The molecule has 1 aliphatic heterocycles. The highest BCUT2D eigenvalue weighted by Gasteiger charge is 2.31. The molecule has 0 bridgehead atoms. The van der Waals surface area contributed by atoms with E-state index in [-0.39, 0.29) is 12.1 Å². The predicted molar refractivity (Wildman–Crippen MR) is 68.2 cm³/mol. The number of aliphatic carboxylic acids is 1. The van der Waals surface area contributed by atoms with E-state index in [2.05, 4.69) is 16.9 Å². The Bertz CT molecular complexity index is 416. The Labute approximate surface area is 107 Å². The molecule has 5 nitrogen and oxygen atoms in total. The molecule has 1 aromatic rings. The molecule has 1 aromatic heterocycles. The Hall–Kier alpha value is -1.36. The Morgan fingerprint density at radius 3 is 2.89 bits per heavy atom. The number of aryl methyl sites for hydroxylation is 1. The topological polar surface area (TPSA) is 58.4 Å². The Morgan fingerprint density at radius 2 is 2.28 bits per heavy atom. The van der Waals surface area contributed by atoms with Gasteiger partial charge in [-0.3, -0.25) is 14.4 Å². The van der Waals surface area contributed by atoms with Gasteiger partial charge in [-0.15, -0.1) is 0 Å². The first-order chi connectivity index (χ1) is 8.61. The summed E-state index contributed by atoms with van der Waals surface area (Å²) in [6.07, 6.45) is 5.72. The van der Waals surface area contributed by atoms with E-state index in [0.29, 0.717) is 0 Å². The van der Waals surface area contributed by atoms with Gasteiger partial charge in [-0.25, -0.2) is 0 Å². The van der Waals surface area contributed by atoms with Gasteiger partial charge in [-0.05, 0) is 32.4 Å². The third kappa shape index (κ3) is 2.56. The number of rotatable bonds is 3. The second kappa shape index (κ2) is 5.52. The summed E-state index contributed by atoms with van der Waals surface area (Å²) in [5, 5.41) is 13.6. The molecule has 1 N–H and O–H groups in total. The zero-order chi connectivity index (χ0) is 13.1. The van der Waals surface area contributed by atoms with E-state index in [1.807, 2.05) is 17.8 Å². The minimum Gasteiger partial charge on any atom is -0.480 e. The minimum absolute atomic E-state index is 0.0942. The summed E-state index contributed by atoms with van der Waals surface area (Å²) in [7, 11) is 1.90. The third-order valence-corrected chi connectivity index (χ3v) is 3.86. The van der Waals surface area contributed by atoms with Crippen LogP contribution in [0.4, 0.5) is 0 Å². The second-order valence-electron chi connectivity index (χ2n) is 5.00. The van der Waals surface area contributed by atoms with Crippen LogP contribution in [0.15, 0.2) is 12.3 Å². The Kier molecular flexibility index (Phi) is 4.01. The van der Waals surface area contributed by atoms with E-state index in [4.69, 9.17) is 0 Å². The summed E-state index contributed by atoms with van der Waals surface area (Å²) < 4.78 is 1.83. The van der Waals surface area contributed by atoms with E-state index in [1.54, 1.807) is 6.20 Å². The fourth-order valence-electron chi connectivity index (χ4n) is 2.82. The van der Waals surface area contributed by atoms with Crippen LogP contribution in [0.2, 0.25) is 0 Å². The van der Waals surface area contributed by atoms with Crippen LogP contribution in [-0.2, 0) is 11.8 Å². The highest BCUT2D eigenvalue weighted by Crippen LogP contribution is 2.27. The summed E-state index contributed by atoms with van der Waals surface area (Å²) in [5.74, 6) is -0.703. The molecule has 0 aliphatic carbocycles. The first kappa shape index (κ1) is 13.1. The van der Waals surface area contributed by atoms with Crippen LogP contribution in [0.25, 0.3) is 0 Å². The molecule has 2 unspecified atom stereocenters. The fraction of sp³-hybridized carbons (Fsp3) is 0.692. The lowest BCUT2D eigenvalue weighted by atomic mass is 10.1. The number of hydrogen-bond donors (Lipinski definition) is 1. The van der Waals surface area contributed by atoms with Crippen LogP contribution in [0.3, 0.4) is 0 Å². The number of carboxylic acids is 1. The van der Waals surface area contributed by atoms with E-state index < -0.39 is 5.97 Å². The van der Waals surface area contributed by atoms with E-state index in [1.165, 1.54) is 0 Å². The van der Waals surface area contributed by atoms with Crippen LogP contribution >= 0.6 is 0 Å². The van der Waals surface area contributed by atoms with Crippen LogP contribution in [0, 0.1) is 0 Å². The summed E-state index contributed by atoms with van der Waals surface area (Å²) in [6, 6.07) is 1.70. The quantitative estimate of drug-likeness (QED) is 0.890. The van der Waals surface area contributed by atoms with Crippen molar-refractivity contribution in [3.05, 3.63) is 18.0 Å². The number of carbonyl (C=O) groups is 1. The van der Waals surface area contributed by atoms with Crippen molar-refractivity contribution < 1.29 is 9.90 Å². The molecular weight excluding hydrogens is 230 g/mol. The van der Waals surface area contributed by atoms with Gasteiger partial charge < -0.3 is 5.11 Å². The van der Waals surface area contributed by atoms with Crippen molar-refractivity contribution in [2.45, 2.75) is 44.7 Å². The molecule has 0 aromatic carbocycles. The summed E-state index contributed by atoms with van der Waals surface area (Å²) in [6.45, 7) is 2.92. The summed E-state index contributed by atoms with van der Waals surface area (Å²) >= 11 is 0. The van der Waals surface area contributed by atoms with Gasteiger partial charge in [0.2, 0.25) is 0 Å². The van der Waals surface area contributed by atoms with Crippen molar-refractivity contribution in [3.63, 3.8) is 0 Å². The zero-order valence-electron chi connectivity index (χ0n) is 11.0. The molecule has 2 atom stereocenters. The van der Waals surface area contributed by atoms with E-state index in [9.17, 15) is 9.90 Å². The maximum atomic E-state index is 11.4. The van der Waals surface area contributed by atoms with Crippen molar-refractivity contribution >= 4 is 5.97 Å². The monoisotopic (exact) mass is 251 g/mol. The lowest BCUT2D eigenvalue weighted by Crippen LogP contribution is -2.42. The molecule has 2 rings (SSSR count). The smallest absolute Gasteiger partial charge is 0.320 e. The Balaban J connectivity index is 2.22. The SMILES string of the molecule is CC(c1ccnn1C)N1CCCCCC1C(=O)O. The van der Waals surface area contributed by atoms with E-state index >= 15 is 0 Å². The van der Waals surface area contributed by atoms with Crippen molar-refractivity contribution in [3.8, 4) is 0 Å². The molecule has 5 heteroatoms. The van der Waals surface area contributed by atoms with Crippen LogP contribution in [-0.4, -0.2) is 38.3 Å². The van der Waals surface area contributed by atoms with Gasteiger partial charge >= 0.3 is 5.97 Å². The average Bonchev–Trinajstić information content (AvgIpc) is 2.63. The molecule has 0 amide bonds. The molecule has 0 radical (unpaired) electrons. The number of nitrogens with zero attached hydrogens (tertiary/aromatic N) is 3. The number of likely N-dealkylation sites (tertiary alicyclic amines) is 1. The Morgan fingerprint density at radius 1 is 1.50 bits per heavy atom. The lowest BCUT2D eigenvalue weighted by molar-refractivity contribution is -0.144. The van der Waals surface area contributed by atoms with Gasteiger partial charge in [0.05, 0.1) is 5.69 Å². The largest absolute Gasteiger partial charge is 0.480 e. The molecule has 1 aliphatic rings. The van der Waals surface area contributed by atoms with Crippen LogP contribution in [0.5, 0.6) is 0 Å². The standard InChI is InChI=1S/C13H21N3O2/c1-10(11-7-8-14-15(11)2)16-9-5-3-4-6-12(16)13(17)18/h7-8,10,12H,3-6,9H2,1-2H3,(H,17,18). The normalized spacial score (nSPS) is 23.6. The zero-order valence-corrected chi connectivity index (χ0v) is 11.0. The van der Waals surface area contributed by atoms with Crippen molar-refractivity contribution in [1.82, 2.24) is 14.7 Å². The highest BCUT2D eigenvalue weighted by molar-refractivity contribution is 5.73. The predicted octanol–water partition coefficient (Wildman–Crippen LogP) is 1.81. The van der Waals surface area contributed by atoms with Gasteiger partial charge in [-0.1, -0.05) is 12.8 Å². The molecule has 0 spiro atoms. The lowest BCUT2D eigenvalue weighted by Gasteiger charge is -2.32. The van der Waals surface area contributed by atoms with Crippen molar-refractivity contribution in [2.24, 2.45) is 7.05 Å². The van der Waals surface area contributed by atoms with Gasteiger partial charge in [0.1, 0.15) is 6.04 Å². The molecule has 2 heterocycles. The third-order valence-electron chi connectivity index (χ3n) is 3.86.